The Kier molecular flexibility index (Phi) is 8.96. The number of carbonyl (C=O) groups excluding carboxylic acids is 2. The van der Waals surface area contributed by atoms with E-state index in [9.17, 15) is 19.7 Å². The largest absolute Gasteiger partial charge is 0.336 e. The van der Waals surface area contributed by atoms with Crippen LogP contribution >= 0.6 is 12.2 Å². The molecule has 42 heavy (non-hydrogen) atoms. The van der Waals surface area contributed by atoms with Crippen molar-refractivity contribution in [3.63, 3.8) is 0 Å². The molecule has 1 saturated heterocycles. The second-order valence-corrected chi connectivity index (χ2v) is 10.2. The maximum atomic E-state index is 13.6. The number of para-hydroxylation sites is 1. The lowest BCUT2D eigenvalue weighted by atomic mass is 9.96. The fourth-order valence-electron chi connectivity index (χ4n) is 5.08. The first-order valence-corrected chi connectivity index (χ1v) is 13.9. The van der Waals surface area contributed by atoms with Gasteiger partial charge in [-0.05, 0) is 47.6 Å². The standard InChI is InChI=1S/C32H29N5O4S/c38-30(25-15-17-26(18-16-25)37(40)41)34-32(42)33-28-14-8-7-13-27(28)31(39)36-21-19-35(20-22-36)29(23-9-3-1-4-10-23)24-11-5-2-6-12-24/h1-18,29H,19-22H2,(H2,33,34,38,42). The third-order valence-electron chi connectivity index (χ3n) is 7.17. The molecule has 1 aliphatic heterocycles. The van der Waals surface area contributed by atoms with Gasteiger partial charge in [-0.3, -0.25) is 29.9 Å². The van der Waals surface area contributed by atoms with E-state index < -0.39 is 10.8 Å². The van der Waals surface area contributed by atoms with Crippen LogP contribution < -0.4 is 10.6 Å². The predicted octanol–water partition coefficient (Wildman–Crippen LogP) is 5.27. The lowest BCUT2D eigenvalue weighted by Crippen LogP contribution is -2.50. The molecule has 9 nitrogen and oxygen atoms in total. The quantitative estimate of drug-likeness (QED) is 0.175. The molecule has 10 heteroatoms. The third kappa shape index (κ3) is 6.68. The number of amides is 2. The first-order chi connectivity index (χ1) is 20.4. The van der Waals surface area contributed by atoms with E-state index in [-0.39, 0.29) is 28.3 Å². The maximum absolute atomic E-state index is 13.6. The van der Waals surface area contributed by atoms with Gasteiger partial charge in [0, 0.05) is 43.9 Å². The van der Waals surface area contributed by atoms with Crippen LogP contribution in [0.25, 0.3) is 0 Å². The van der Waals surface area contributed by atoms with E-state index in [1.807, 2.05) is 41.3 Å². The van der Waals surface area contributed by atoms with Crippen molar-refractivity contribution in [2.45, 2.75) is 6.04 Å². The second-order valence-electron chi connectivity index (χ2n) is 9.81. The molecule has 0 saturated carbocycles. The number of rotatable bonds is 7. The fraction of sp³-hybridized carbons (Fsp3) is 0.156. The summed E-state index contributed by atoms with van der Waals surface area (Å²) in [7, 11) is 0. The molecule has 0 unspecified atom stereocenters. The molecule has 0 spiro atoms. The van der Waals surface area contributed by atoms with Crippen LogP contribution in [0, 0.1) is 10.1 Å². The number of piperazine rings is 1. The van der Waals surface area contributed by atoms with E-state index in [1.54, 1.807) is 24.3 Å². The number of nitrogens with zero attached hydrogens (tertiary/aromatic N) is 3. The Balaban J connectivity index is 1.24. The van der Waals surface area contributed by atoms with E-state index in [0.29, 0.717) is 37.4 Å². The summed E-state index contributed by atoms with van der Waals surface area (Å²) in [6.45, 7) is 2.54. The van der Waals surface area contributed by atoms with Crippen molar-refractivity contribution in [2.75, 3.05) is 31.5 Å². The molecule has 0 aromatic heterocycles. The van der Waals surface area contributed by atoms with E-state index in [4.69, 9.17) is 12.2 Å². The lowest BCUT2D eigenvalue weighted by molar-refractivity contribution is -0.384. The van der Waals surface area contributed by atoms with Crippen molar-refractivity contribution in [3.8, 4) is 0 Å². The molecule has 2 amide bonds. The van der Waals surface area contributed by atoms with Gasteiger partial charge < -0.3 is 10.2 Å². The summed E-state index contributed by atoms with van der Waals surface area (Å²) in [4.78, 5) is 40.8. The van der Waals surface area contributed by atoms with Crippen molar-refractivity contribution in [1.82, 2.24) is 15.1 Å². The van der Waals surface area contributed by atoms with Gasteiger partial charge in [0.15, 0.2) is 5.11 Å². The molecule has 0 aliphatic carbocycles. The van der Waals surface area contributed by atoms with Gasteiger partial charge in [0.1, 0.15) is 0 Å². The van der Waals surface area contributed by atoms with E-state index in [0.717, 1.165) is 0 Å². The number of non-ortho nitro benzene ring substituents is 1. The SMILES string of the molecule is O=C(NC(=S)Nc1ccccc1C(=O)N1CCN(C(c2ccccc2)c2ccccc2)CC1)c1ccc([N+](=O)[O-])cc1. The number of benzene rings is 4. The molecular formula is C32H29N5O4S. The number of hydrogen-bond acceptors (Lipinski definition) is 6. The molecule has 212 valence electrons. The first kappa shape index (κ1) is 28.6. The lowest BCUT2D eigenvalue weighted by Gasteiger charge is -2.40. The van der Waals surface area contributed by atoms with Gasteiger partial charge >= 0.3 is 0 Å². The number of hydrogen-bond donors (Lipinski definition) is 2. The van der Waals surface area contributed by atoms with Crippen LogP contribution in [0.1, 0.15) is 37.9 Å². The number of nitro benzene ring substituents is 1. The number of thiocarbonyl (C=S) groups is 1. The minimum atomic E-state index is -0.535. The highest BCUT2D eigenvalue weighted by molar-refractivity contribution is 7.80. The minimum absolute atomic E-state index is 0.0111. The van der Waals surface area contributed by atoms with Crippen molar-refractivity contribution in [1.29, 1.82) is 0 Å². The Hall–Kier alpha value is -4.93. The summed E-state index contributed by atoms with van der Waals surface area (Å²) >= 11 is 5.34. The zero-order chi connectivity index (χ0) is 29.5. The highest BCUT2D eigenvalue weighted by Gasteiger charge is 2.29. The molecule has 2 N–H and O–H groups in total. The van der Waals surface area contributed by atoms with Crippen LogP contribution in [-0.2, 0) is 0 Å². The molecular weight excluding hydrogens is 550 g/mol. The maximum Gasteiger partial charge on any atom is 0.269 e. The van der Waals surface area contributed by atoms with Gasteiger partial charge in [0.25, 0.3) is 17.5 Å². The van der Waals surface area contributed by atoms with Crippen LogP contribution in [-0.4, -0.2) is 57.8 Å². The van der Waals surface area contributed by atoms with Crippen molar-refractivity contribution in [3.05, 3.63) is 142 Å². The van der Waals surface area contributed by atoms with Gasteiger partial charge in [-0.15, -0.1) is 0 Å². The molecule has 0 radical (unpaired) electrons. The Labute approximate surface area is 248 Å². The Morgan fingerprint density at radius 1 is 0.762 bits per heavy atom. The average Bonchev–Trinajstić information content (AvgIpc) is 3.02. The van der Waals surface area contributed by atoms with Crippen LogP contribution in [0.4, 0.5) is 11.4 Å². The van der Waals surface area contributed by atoms with Crippen molar-refractivity contribution < 1.29 is 14.5 Å². The van der Waals surface area contributed by atoms with Gasteiger partial charge in [0.05, 0.1) is 22.2 Å². The average molecular weight is 580 g/mol. The molecule has 1 aliphatic rings. The smallest absolute Gasteiger partial charge is 0.269 e. The molecule has 0 atom stereocenters. The topological polar surface area (TPSA) is 108 Å². The number of nitro groups is 1. The van der Waals surface area contributed by atoms with Crippen LogP contribution in [0.15, 0.2) is 109 Å². The number of nitrogens with one attached hydrogen (secondary N) is 2. The van der Waals surface area contributed by atoms with Crippen LogP contribution in [0.3, 0.4) is 0 Å². The van der Waals surface area contributed by atoms with Gasteiger partial charge in [-0.2, -0.15) is 0 Å². The fourth-order valence-corrected chi connectivity index (χ4v) is 5.28. The highest BCUT2D eigenvalue weighted by atomic mass is 32.1. The van der Waals surface area contributed by atoms with Crippen LogP contribution in [0.2, 0.25) is 0 Å². The second kappa shape index (κ2) is 13.2. The summed E-state index contributed by atoms with van der Waals surface area (Å²) in [5.41, 5.74) is 3.45. The highest BCUT2D eigenvalue weighted by Crippen LogP contribution is 2.30. The molecule has 4 aromatic carbocycles. The summed E-state index contributed by atoms with van der Waals surface area (Å²) in [5, 5.41) is 16.4. The van der Waals surface area contributed by atoms with E-state index >= 15 is 0 Å². The Morgan fingerprint density at radius 3 is 1.88 bits per heavy atom. The normalized spacial score (nSPS) is 13.4. The summed E-state index contributed by atoms with van der Waals surface area (Å²) in [6, 6.07) is 33.1. The minimum Gasteiger partial charge on any atom is -0.336 e. The molecule has 1 heterocycles. The summed E-state index contributed by atoms with van der Waals surface area (Å²) in [5.74, 6) is -0.646. The molecule has 1 fully saturated rings. The molecule has 4 aromatic rings. The zero-order valence-electron chi connectivity index (χ0n) is 22.7. The summed E-state index contributed by atoms with van der Waals surface area (Å²) < 4.78 is 0. The zero-order valence-corrected chi connectivity index (χ0v) is 23.5. The van der Waals surface area contributed by atoms with Gasteiger partial charge in [0.2, 0.25) is 0 Å². The van der Waals surface area contributed by atoms with Gasteiger partial charge in [-0.25, -0.2) is 0 Å². The monoisotopic (exact) mass is 579 g/mol. The molecule has 5 rings (SSSR count). The van der Waals surface area contributed by atoms with Crippen molar-refractivity contribution >= 4 is 40.5 Å². The predicted molar refractivity (Wildman–Crippen MR) is 165 cm³/mol. The van der Waals surface area contributed by atoms with Gasteiger partial charge in [-0.1, -0.05) is 72.8 Å². The number of anilines is 1. The van der Waals surface area contributed by atoms with Crippen molar-refractivity contribution in [2.24, 2.45) is 0 Å². The van der Waals surface area contributed by atoms with Crippen LogP contribution in [0.5, 0.6) is 0 Å². The van der Waals surface area contributed by atoms with E-state index in [2.05, 4.69) is 39.8 Å². The first-order valence-electron chi connectivity index (χ1n) is 13.5. The number of carbonyl (C=O) groups is 2. The Bertz CT molecular complexity index is 1530. The van der Waals surface area contributed by atoms with E-state index in [1.165, 1.54) is 35.4 Å². The molecule has 0 bridgehead atoms. The summed E-state index contributed by atoms with van der Waals surface area (Å²) in [6.07, 6.45) is 0. The Morgan fingerprint density at radius 2 is 1.31 bits per heavy atom. The third-order valence-corrected chi connectivity index (χ3v) is 7.37.